The molecule has 0 saturated heterocycles. The molecule has 0 saturated carbocycles. The second-order valence-electron chi connectivity index (χ2n) is 12.2. The van der Waals surface area contributed by atoms with E-state index in [0.717, 1.165) is 15.4 Å². The molecular formula is C36H39Cl2N3O5S. The van der Waals surface area contributed by atoms with E-state index in [0.29, 0.717) is 10.6 Å². The maximum atomic E-state index is 14.7. The summed E-state index contributed by atoms with van der Waals surface area (Å²) in [5, 5.41) is 3.72. The van der Waals surface area contributed by atoms with Crippen molar-refractivity contribution in [2.24, 2.45) is 0 Å². The highest BCUT2D eigenvalue weighted by atomic mass is 35.5. The van der Waals surface area contributed by atoms with Crippen LogP contribution >= 0.6 is 23.2 Å². The number of benzene rings is 4. The Morgan fingerprint density at radius 2 is 1.49 bits per heavy atom. The smallest absolute Gasteiger partial charge is 0.264 e. The lowest BCUT2D eigenvalue weighted by molar-refractivity contribution is -0.140. The average Bonchev–Trinajstić information content (AvgIpc) is 3.01. The van der Waals surface area contributed by atoms with E-state index in [1.54, 1.807) is 48.5 Å². The van der Waals surface area contributed by atoms with Crippen molar-refractivity contribution < 1.29 is 22.7 Å². The van der Waals surface area contributed by atoms with Gasteiger partial charge in [-0.25, -0.2) is 8.42 Å². The predicted octanol–water partition coefficient (Wildman–Crippen LogP) is 7.06. The Kier molecular flexibility index (Phi) is 11.6. The highest BCUT2D eigenvalue weighted by Gasteiger charge is 2.36. The van der Waals surface area contributed by atoms with Crippen LogP contribution in [-0.2, 0) is 32.6 Å². The van der Waals surface area contributed by atoms with E-state index in [1.807, 2.05) is 58.0 Å². The first kappa shape index (κ1) is 35.8. The van der Waals surface area contributed by atoms with Crippen LogP contribution in [0.15, 0.2) is 102 Å². The lowest BCUT2D eigenvalue weighted by atomic mass is 10.0. The molecule has 4 rings (SSSR count). The van der Waals surface area contributed by atoms with Gasteiger partial charge in [0.1, 0.15) is 18.3 Å². The van der Waals surface area contributed by atoms with Gasteiger partial charge >= 0.3 is 0 Å². The Morgan fingerprint density at radius 3 is 2.11 bits per heavy atom. The van der Waals surface area contributed by atoms with Crippen LogP contribution in [0.25, 0.3) is 0 Å². The largest absolute Gasteiger partial charge is 0.495 e. The van der Waals surface area contributed by atoms with Crippen LogP contribution in [0, 0.1) is 6.92 Å². The Labute approximate surface area is 287 Å². The van der Waals surface area contributed by atoms with Gasteiger partial charge < -0.3 is 15.0 Å². The Morgan fingerprint density at radius 1 is 0.851 bits per heavy atom. The fourth-order valence-electron chi connectivity index (χ4n) is 5.05. The number of hydrogen-bond acceptors (Lipinski definition) is 5. The molecule has 1 atom stereocenters. The van der Waals surface area contributed by atoms with Gasteiger partial charge in [-0.15, -0.1) is 0 Å². The van der Waals surface area contributed by atoms with Crippen molar-refractivity contribution in [3.8, 4) is 5.75 Å². The van der Waals surface area contributed by atoms with E-state index in [-0.39, 0.29) is 40.2 Å². The number of aryl methyl sites for hydroxylation is 1. The van der Waals surface area contributed by atoms with Crippen molar-refractivity contribution in [1.29, 1.82) is 0 Å². The molecule has 0 aliphatic rings. The Balaban J connectivity index is 1.87. The minimum Gasteiger partial charge on any atom is -0.495 e. The van der Waals surface area contributed by atoms with Crippen LogP contribution in [0.1, 0.15) is 37.5 Å². The number of carbonyl (C=O) groups is 2. The van der Waals surface area contributed by atoms with E-state index in [4.69, 9.17) is 27.9 Å². The van der Waals surface area contributed by atoms with E-state index < -0.39 is 34.1 Å². The number of hydrogen-bond donors (Lipinski definition) is 1. The molecule has 0 radical (unpaired) electrons. The summed E-state index contributed by atoms with van der Waals surface area (Å²) in [7, 11) is -2.93. The molecular weight excluding hydrogens is 657 g/mol. The highest BCUT2D eigenvalue weighted by molar-refractivity contribution is 7.92. The monoisotopic (exact) mass is 695 g/mol. The second kappa shape index (κ2) is 15.2. The van der Waals surface area contributed by atoms with E-state index in [2.05, 4.69) is 5.32 Å². The van der Waals surface area contributed by atoms with Crippen LogP contribution in [0.5, 0.6) is 5.75 Å². The minimum atomic E-state index is -4.34. The molecule has 0 spiro atoms. The number of nitrogens with zero attached hydrogens (tertiary/aromatic N) is 2. The first-order valence-corrected chi connectivity index (χ1v) is 17.2. The van der Waals surface area contributed by atoms with Crippen LogP contribution in [0.2, 0.25) is 10.0 Å². The number of sulfonamides is 1. The summed E-state index contributed by atoms with van der Waals surface area (Å²) in [6.07, 6.45) is 0.181. The summed E-state index contributed by atoms with van der Waals surface area (Å²) < 4.78 is 35.2. The zero-order valence-electron chi connectivity index (χ0n) is 27.0. The van der Waals surface area contributed by atoms with Crippen LogP contribution in [0.3, 0.4) is 0 Å². The number of methoxy groups -OCH3 is 1. The topological polar surface area (TPSA) is 96.0 Å². The lowest BCUT2D eigenvalue weighted by Crippen LogP contribution is -2.56. The second-order valence-corrected chi connectivity index (χ2v) is 15.0. The molecule has 0 aliphatic carbocycles. The lowest BCUT2D eigenvalue weighted by Gasteiger charge is -2.35. The molecule has 0 fully saturated rings. The third kappa shape index (κ3) is 9.50. The minimum absolute atomic E-state index is 0.0143. The standard InChI is InChI=1S/C36H39Cl2N3O5S/c1-25-14-17-30(18-15-25)47(44,45)41(31-22-29(38)16-19-33(31)46-5)24-34(42)40(23-27-12-9-13-28(37)20-27)32(35(43)39-36(2,3)4)21-26-10-7-6-8-11-26/h6-20,22,32H,21,23-24H2,1-5H3,(H,39,43)/t32-/m0/s1. The van der Waals surface area contributed by atoms with Crippen molar-refractivity contribution in [1.82, 2.24) is 10.2 Å². The summed E-state index contributed by atoms with van der Waals surface area (Å²) in [6.45, 7) is 6.75. The van der Waals surface area contributed by atoms with E-state index in [9.17, 15) is 18.0 Å². The molecule has 8 nitrogen and oxygen atoms in total. The number of rotatable bonds is 12. The predicted molar refractivity (Wildman–Crippen MR) is 188 cm³/mol. The normalized spacial score (nSPS) is 12.2. The van der Waals surface area contributed by atoms with Crippen LogP contribution in [0.4, 0.5) is 5.69 Å². The highest BCUT2D eigenvalue weighted by Crippen LogP contribution is 2.35. The molecule has 47 heavy (non-hydrogen) atoms. The molecule has 4 aromatic rings. The Hall–Kier alpha value is -4.05. The maximum Gasteiger partial charge on any atom is 0.264 e. The number of carbonyl (C=O) groups excluding carboxylic acids is 2. The van der Waals surface area contributed by atoms with Crippen LogP contribution in [-0.4, -0.2) is 50.4 Å². The summed E-state index contributed by atoms with van der Waals surface area (Å²) in [5.41, 5.74) is 1.83. The number of nitrogens with one attached hydrogen (secondary N) is 1. The van der Waals surface area contributed by atoms with Crippen molar-refractivity contribution in [3.63, 3.8) is 0 Å². The van der Waals surface area contributed by atoms with Crippen molar-refractivity contribution >= 4 is 50.7 Å². The maximum absolute atomic E-state index is 14.7. The van der Waals surface area contributed by atoms with Gasteiger partial charge in [-0.05, 0) is 81.3 Å². The molecule has 0 aliphatic heterocycles. The fourth-order valence-corrected chi connectivity index (χ4v) is 6.84. The quantitative estimate of drug-likeness (QED) is 0.171. The number of anilines is 1. The van der Waals surface area contributed by atoms with Gasteiger partial charge in [0.25, 0.3) is 10.0 Å². The van der Waals surface area contributed by atoms with Gasteiger partial charge in [-0.1, -0.05) is 83.4 Å². The van der Waals surface area contributed by atoms with Gasteiger partial charge in [0, 0.05) is 28.5 Å². The van der Waals surface area contributed by atoms with Gasteiger partial charge in [-0.2, -0.15) is 0 Å². The third-order valence-electron chi connectivity index (χ3n) is 7.31. The van der Waals surface area contributed by atoms with E-state index in [1.165, 1.54) is 30.2 Å². The van der Waals surface area contributed by atoms with Gasteiger partial charge in [0.15, 0.2) is 0 Å². The van der Waals surface area contributed by atoms with E-state index >= 15 is 0 Å². The molecule has 4 aromatic carbocycles. The van der Waals surface area contributed by atoms with Crippen LogP contribution < -0.4 is 14.4 Å². The van der Waals surface area contributed by atoms with Crippen molar-refractivity contribution in [2.45, 2.75) is 57.1 Å². The zero-order chi connectivity index (χ0) is 34.4. The van der Waals surface area contributed by atoms with Crippen molar-refractivity contribution in [2.75, 3.05) is 18.0 Å². The number of amides is 2. The zero-order valence-corrected chi connectivity index (χ0v) is 29.4. The molecule has 2 amide bonds. The molecule has 0 unspecified atom stereocenters. The third-order valence-corrected chi connectivity index (χ3v) is 9.55. The summed E-state index contributed by atoms with van der Waals surface area (Å²) >= 11 is 12.7. The first-order chi connectivity index (χ1) is 22.2. The molecule has 11 heteroatoms. The first-order valence-electron chi connectivity index (χ1n) is 15.0. The average molecular weight is 697 g/mol. The SMILES string of the molecule is COc1ccc(Cl)cc1N(CC(=O)N(Cc1cccc(Cl)c1)[C@@H](Cc1ccccc1)C(=O)NC(C)(C)C)S(=O)(=O)c1ccc(C)cc1. The molecule has 1 N–H and O–H groups in total. The number of ether oxygens (including phenoxy) is 1. The van der Waals surface area contributed by atoms with Gasteiger partial charge in [-0.3, -0.25) is 13.9 Å². The molecule has 0 heterocycles. The number of halogens is 2. The Bertz CT molecular complexity index is 1810. The fraction of sp³-hybridized carbons (Fsp3) is 0.278. The van der Waals surface area contributed by atoms with Crippen molar-refractivity contribution in [3.05, 3.63) is 124 Å². The molecule has 0 bridgehead atoms. The summed E-state index contributed by atoms with van der Waals surface area (Å²) in [4.78, 5) is 30.1. The van der Waals surface area contributed by atoms with Gasteiger partial charge in [0.05, 0.1) is 17.7 Å². The molecule has 248 valence electrons. The molecule has 0 aromatic heterocycles. The summed E-state index contributed by atoms with van der Waals surface area (Å²) in [6, 6.07) is 26.2. The van der Waals surface area contributed by atoms with Gasteiger partial charge in [0.2, 0.25) is 11.8 Å². The summed E-state index contributed by atoms with van der Waals surface area (Å²) in [5.74, 6) is -0.803.